The molecule has 0 unspecified atom stereocenters. The van der Waals surface area contributed by atoms with Crippen LogP contribution in [0.3, 0.4) is 0 Å². The van der Waals surface area contributed by atoms with Crippen LogP contribution >= 0.6 is 0 Å². The molecule has 2 aromatic carbocycles. The third-order valence-corrected chi connectivity index (χ3v) is 6.56. The van der Waals surface area contributed by atoms with Crippen molar-refractivity contribution in [1.82, 2.24) is 10.2 Å². The summed E-state index contributed by atoms with van der Waals surface area (Å²) in [5, 5.41) is 14.4. The lowest BCUT2D eigenvalue weighted by molar-refractivity contribution is -0.384. The Morgan fingerprint density at radius 2 is 1.97 bits per heavy atom. The highest BCUT2D eigenvalue weighted by atomic mass is 16.6. The number of non-ortho nitro benzene ring substituents is 1. The maximum Gasteiger partial charge on any atom is 0.269 e. The van der Waals surface area contributed by atoms with E-state index in [1.807, 2.05) is 24.3 Å². The number of nitrogens with one attached hydrogen (secondary N) is 1. The Kier molecular flexibility index (Phi) is 6.23. The normalized spacial score (nSPS) is 20.8. The van der Waals surface area contributed by atoms with Crippen molar-refractivity contribution in [3.05, 3.63) is 69.8 Å². The van der Waals surface area contributed by atoms with Gasteiger partial charge in [0.1, 0.15) is 0 Å². The monoisotopic (exact) mass is 422 g/mol. The summed E-state index contributed by atoms with van der Waals surface area (Å²) in [6, 6.07) is 15.7. The highest BCUT2D eigenvalue weighted by Crippen LogP contribution is 2.38. The van der Waals surface area contributed by atoms with Crippen molar-refractivity contribution in [3.63, 3.8) is 0 Å². The SMILES string of the molecule is CC(C)N1CCN2c3ccc([N+](=O)[O-])cc3C[C@@H](C(=O)NCCc3ccccc3)[C@@H]2C1. The number of piperazine rings is 1. The van der Waals surface area contributed by atoms with E-state index in [1.54, 1.807) is 12.1 Å². The average Bonchev–Trinajstić information content (AvgIpc) is 2.78. The molecule has 0 saturated carbocycles. The Morgan fingerprint density at radius 1 is 1.19 bits per heavy atom. The second kappa shape index (κ2) is 9.06. The van der Waals surface area contributed by atoms with E-state index in [4.69, 9.17) is 0 Å². The van der Waals surface area contributed by atoms with E-state index in [0.29, 0.717) is 19.0 Å². The van der Waals surface area contributed by atoms with Crippen LogP contribution in [0.15, 0.2) is 48.5 Å². The maximum absolute atomic E-state index is 13.3. The average molecular weight is 423 g/mol. The molecule has 0 bridgehead atoms. The molecule has 7 heteroatoms. The van der Waals surface area contributed by atoms with E-state index in [2.05, 4.69) is 41.1 Å². The number of nitrogens with zero attached hydrogens (tertiary/aromatic N) is 3. The summed E-state index contributed by atoms with van der Waals surface area (Å²) in [5.74, 6) is -0.194. The number of carbonyl (C=O) groups excluding carboxylic acids is 1. The first kappa shape index (κ1) is 21.3. The number of hydrogen-bond donors (Lipinski definition) is 1. The molecule has 1 saturated heterocycles. The van der Waals surface area contributed by atoms with Crippen molar-refractivity contribution in [1.29, 1.82) is 0 Å². The number of carbonyl (C=O) groups is 1. The van der Waals surface area contributed by atoms with E-state index in [0.717, 1.165) is 37.3 Å². The van der Waals surface area contributed by atoms with Gasteiger partial charge in [0.15, 0.2) is 0 Å². The fourth-order valence-corrected chi connectivity index (χ4v) is 4.82. The lowest BCUT2D eigenvalue weighted by atomic mass is 9.83. The van der Waals surface area contributed by atoms with Crippen molar-refractivity contribution in [2.75, 3.05) is 31.1 Å². The Morgan fingerprint density at radius 3 is 2.68 bits per heavy atom. The van der Waals surface area contributed by atoms with Crippen LogP contribution in [0.1, 0.15) is 25.0 Å². The van der Waals surface area contributed by atoms with Crippen LogP contribution in [0, 0.1) is 16.0 Å². The third-order valence-electron chi connectivity index (χ3n) is 6.56. The predicted molar refractivity (Wildman–Crippen MR) is 121 cm³/mol. The molecule has 7 nitrogen and oxygen atoms in total. The van der Waals surface area contributed by atoms with Crippen LogP contribution in [0.4, 0.5) is 11.4 Å². The van der Waals surface area contributed by atoms with Gasteiger partial charge in [-0.25, -0.2) is 0 Å². The minimum atomic E-state index is -0.363. The summed E-state index contributed by atoms with van der Waals surface area (Å²) in [5.41, 5.74) is 3.21. The molecule has 0 spiro atoms. The van der Waals surface area contributed by atoms with Gasteiger partial charge in [-0.2, -0.15) is 0 Å². The predicted octanol–water partition coefficient (Wildman–Crippen LogP) is 3.03. The second-order valence-electron chi connectivity index (χ2n) is 8.76. The van der Waals surface area contributed by atoms with Gasteiger partial charge in [0, 0.05) is 50.0 Å². The number of amides is 1. The molecule has 2 aliphatic heterocycles. The number of benzene rings is 2. The minimum Gasteiger partial charge on any atom is -0.365 e. The topological polar surface area (TPSA) is 78.7 Å². The fourth-order valence-electron chi connectivity index (χ4n) is 4.82. The first-order valence-electron chi connectivity index (χ1n) is 11.0. The highest BCUT2D eigenvalue weighted by Gasteiger charge is 2.42. The van der Waals surface area contributed by atoms with Crippen molar-refractivity contribution in [2.45, 2.75) is 38.8 Å². The first-order valence-corrected chi connectivity index (χ1v) is 11.0. The molecule has 1 amide bonds. The largest absolute Gasteiger partial charge is 0.365 e. The Labute approximate surface area is 183 Å². The van der Waals surface area contributed by atoms with Gasteiger partial charge in [-0.1, -0.05) is 30.3 Å². The van der Waals surface area contributed by atoms with Gasteiger partial charge in [0.2, 0.25) is 5.91 Å². The lowest BCUT2D eigenvalue weighted by Crippen LogP contribution is -2.62. The molecule has 0 aliphatic carbocycles. The minimum absolute atomic E-state index is 0.0358. The number of nitro groups is 1. The number of nitro benzene ring substituents is 1. The van der Waals surface area contributed by atoms with E-state index in [1.165, 1.54) is 5.56 Å². The van der Waals surface area contributed by atoms with Gasteiger partial charge >= 0.3 is 0 Å². The quantitative estimate of drug-likeness (QED) is 0.572. The van der Waals surface area contributed by atoms with Crippen LogP contribution in [-0.2, 0) is 17.6 Å². The van der Waals surface area contributed by atoms with E-state index >= 15 is 0 Å². The molecule has 2 heterocycles. The second-order valence-corrected chi connectivity index (χ2v) is 8.76. The molecular formula is C24H30N4O3. The van der Waals surface area contributed by atoms with Crippen LogP contribution < -0.4 is 10.2 Å². The molecule has 4 rings (SSSR count). The molecule has 2 atom stereocenters. The molecule has 1 N–H and O–H groups in total. The number of fused-ring (bicyclic) bond motifs is 3. The molecule has 2 aromatic rings. The molecule has 0 radical (unpaired) electrons. The van der Waals surface area contributed by atoms with Crippen molar-refractivity contribution in [2.24, 2.45) is 5.92 Å². The van der Waals surface area contributed by atoms with Gasteiger partial charge in [0.25, 0.3) is 5.69 Å². The molecular weight excluding hydrogens is 392 g/mol. The van der Waals surface area contributed by atoms with Gasteiger partial charge in [-0.15, -0.1) is 0 Å². The van der Waals surface area contributed by atoms with Crippen LogP contribution in [-0.4, -0.2) is 54.0 Å². The summed E-state index contributed by atoms with van der Waals surface area (Å²) >= 11 is 0. The van der Waals surface area contributed by atoms with Crippen molar-refractivity contribution < 1.29 is 9.72 Å². The van der Waals surface area contributed by atoms with E-state index in [9.17, 15) is 14.9 Å². The molecule has 1 fully saturated rings. The molecule has 31 heavy (non-hydrogen) atoms. The van der Waals surface area contributed by atoms with Gasteiger partial charge in [-0.3, -0.25) is 19.8 Å². The van der Waals surface area contributed by atoms with Gasteiger partial charge < -0.3 is 10.2 Å². The summed E-state index contributed by atoms with van der Waals surface area (Å²) in [4.78, 5) is 28.9. The number of rotatable bonds is 6. The highest BCUT2D eigenvalue weighted by molar-refractivity contribution is 5.82. The van der Waals surface area contributed by atoms with Crippen LogP contribution in [0.2, 0.25) is 0 Å². The molecule has 2 aliphatic rings. The zero-order valence-electron chi connectivity index (χ0n) is 18.2. The Hall–Kier alpha value is -2.93. The van der Waals surface area contributed by atoms with Crippen LogP contribution in [0.25, 0.3) is 0 Å². The molecule has 0 aromatic heterocycles. The number of anilines is 1. The van der Waals surface area contributed by atoms with Gasteiger partial charge in [0.05, 0.1) is 16.9 Å². The van der Waals surface area contributed by atoms with Crippen LogP contribution in [0.5, 0.6) is 0 Å². The summed E-state index contributed by atoms with van der Waals surface area (Å²) < 4.78 is 0. The third kappa shape index (κ3) is 4.56. The lowest BCUT2D eigenvalue weighted by Gasteiger charge is -2.50. The van der Waals surface area contributed by atoms with Gasteiger partial charge in [-0.05, 0) is 43.9 Å². The summed E-state index contributed by atoms with van der Waals surface area (Å²) in [6.45, 7) is 7.52. The standard InChI is InChI=1S/C24H30N4O3/c1-17(2)26-12-13-27-22-9-8-20(28(30)31)14-19(22)15-21(23(27)16-26)24(29)25-11-10-18-6-4-3-5-7-18/h3-9,14,17,21,23H,10-13,15-16H2,1-2H3,(H,25,29)/t21-,23+/m1/s1. The number of hydrogen-bond acceptors (Lipinski definition) is 5. The Balaban J connectivity index is 1.54. The summed E-state index contributed by atoms with van der Waals surface area (Å²) in [7, 11) is 0. The smallest absolute Gasteiger partial charge is 0.269 e. The Bertz CT molecular complexity index is 947. The first-order chi connectivity index (χ1) is 14.9. The van der Waals surface area contributed by atoms with E-state index < -0.39 is 0 Å². The fraction of sp³-hybridized carbons (Fsp3) is 0.458. The van der Waals surface area contributed by atoms with E-state index in [-0.39, 0.29) is 28.5 Å². The van der Waals surface area contributed by atoms with Crippen molar-refractivity contribution >= 4 is 17.3 Å². The van der Waals surface area contributed by atoms with Crippen molar-refractivity contribution in [3.8, 4) is 0 Å². The zero-order chi connectivity index (χ0) is 22.0. The molecule has 164 valence electrons. The maximum atomic E-state index is 13.3. The summed E-state index contributed by atoms with van der Waals surface area (Å²) in [6.07, 6.45) is 1.31. The zero-order valence-corrected chi connectivity index (χ0v) is 18.2.